The van der Waals surface area contributed by atoms with Gasteiger partial charge in [0.25, 0.3) is 0 Å². The van der Waals surface area contributed by atoms with Crippen LogP contribution < -0.4 is 20.7 Å². The SMILES string of the molecule is Cc1ccc(OC(C)C)c(-c2ccc(NC(=O)NCCCNc3nsc4ccccc34)cc2)c1. The van der Waals surface area contributed by atoms with E-state index < -0.39 is 0 Å². The molecule has 0 atom stereocenters. The maximum Gasteiger partial charge on any atom is 0.319 e. The fourth-order valence-corrected chi connectivity index (χ4v) is 4.40. The number of carbonyl (C=O) groups is 1. The Hall–Kier alpha value is -3.58. The molecule has 0 saturated carbocycles. The number of amides is 2. The van der Waals surface area contributed by atoms with Gasteiger partial charge in [-0.2, -0.15) is 4.37 Å². The van der Waals surface area contributed by atoms with Gasteiger partial charge in [-0.15, -0.1) is 0 Å². The summed E-state index contributed by atoms with van der Waals surface area (Å²) in [6.45, 7) is 7.41. The number of fused-ring (bicyclic) bond motifs is 1. The molecule has 3 N–H and O–H groups in total. The average Bonchev–Trinajstić information content (AvgIpc) is 3.23. The van der Waals surface area contributed by atoms with Crippen LogP contribution in [-0.4, -0.2) is 29.6 Å². The predicted octanol–water partition coefficient (Wildman–Crippen LogP) is 6.68. The van der Waals surface area contributed by atoms with Gasteiger partial charge in [0.2, 0.25) is 0 Å². The number of ether oxygens (including phenoxy) is 1. The van der Waals surface area contributed by atoms with Crippen LogP contribution in [0.3, 0.4) is 0 Å². The van der Waals surface area contributed by atoms with Crippen molar-refractivity contribution in [2.45, 2.75) is 33.3 Å². The number of aromatic nitrogens is 1. The lowest BCUT2D eigenvalue weighted by atomic mass is 10.0. The molecule has 7 heteroatoms. The Bertz CT molecular complexity index is 1250. The molecule has 4 rings (SSSR count). The first kappa shape index (κ1) is 23.6. The summed E-state index contributed by atoms with van der Waals surface area (Å²) in [6.07, 6.45) is 0.895. The summed E-state index contributed by atoms with van der Waals surface area (Å²) in [6, 6.07) is 21.9. The molecule has 34 heavy (non-hydrogen) atoms. The van der Waals surface area contributed by atoms with Crippen LogP contribution in [-0.2, 0) is 0 Å². The largest absolute Gasteiger partial charge is 0.490 e. The topological polar surface area (TPSA) is 75.3 Å². The third-order valence-electron chi connectivity index (χ3n) is 5.26. The van der Waals surface area contributed by atoms with Gasteiger partial charge in [-0.1, -0.05) is 35.9 Å². The van der Waals surface area contributed by atoms with E-state index >= 15 is 0 Å². The molecule has 0 spiro atoms. The molecule has 0 aliphatic rings. The van der Waals surface area contributed by atoms with Gasteiger partial charge in [0.15, 0.2) is 0 Å². The van der Waals surface area contributed by atoms with Crippen molar-refractivity contribution >= 4 is 39.2 Å². The van der Waals surface area contributed by atoms with Gasteiger partial charge in [-0.05, 0) is 80.7 Å². The highest BCUT2D eigenvalue weighted by Gasteiger charge is 2.10. The van der Waals surface area contributed by atoms with E-state index in [0.717, 1.165) is 46.7 Å². The molecule has 3 aromatic carbocycles. The van der Waals surface area contributed by atoms with Crippen LogP contribution in [0, 0.1) is 6.92 Å². The summed E-state index contributed by atoms with van der Waals surface area (Å²) >= 11 is 1.49. The second-order valence-corrected chi connectivity index (χ2v) is 9.24. The molecule has 4 aromatic rings. The van der Waals surface area contributed by atoms with Crippen molar-refractivity contribution in [1.29, 1.82) is 0 Å². The van der Waals surface area contributed by atoms with Gasteiger partial charge in [0, 0.05) is 29.7 Å². The van der Waals surface area contributed by atoms with Gasteiger partial charge in [-0.25, -0.2) is 4.79 Å². The zero-order valence-corrected chi connectivity index (χ0v) is 20.5. The highest BCUT2D eigenvalue weighted by Crippen LogP contribution is 2.32. The molecule has 0 unspecified atom stereocenters. The summed E-state index contributed by atoms with van der Waals surface area (Å²) < 4.78 is 11.6. The molecule has 6 nitrogen and oxygen atoms in total. The first-order chi connectivity index (χ1) is 16.5. The standard InChI is InChI=1S/C27H30N4O2S/c1-18(2)33-24-14-9-19(3)17-23(24)20-10-12-21(13-11-20)30-27(32)29-16-6-15-28-26-22-7-4-5-8-25(22)34-31-26/h4-5,7-14,17-18H,6,15-16H2,1-3H3,(H,28,31)(H2,29,30,32). The zero-order valence-electron chi connectivity index (χ0n) is 19.7. The van der Waals surface area contributed by atoms with E-state index in [9.17, 15) is 4.79 Å². The van der Waals surface area contributed by atoms with Crippen molar-refractivity contribution < 1.29 is 9.53 Å². The Balaban J connectivity index is 1.25. The van der Waals surface area contributed by atoms with Crippen LogP contribution in [0.25, 0.3) is 21.2 Å². The lowest BCUT2D eigenvalue weighted by Gasteiger charge is -2.15. The summed E-state index contributed by atoms with van der Waals surface area (Å²) in [5.74, 6) is 1.76. The van der Waals surface area contributed by atoms with Crippen molar-refractivity contribution in [3.05, 3.63) is 72.3 Å². The van der Waals surface area contributed by atoms with Crippen molar-refractivity contribution in [2.24, 2.45) is 0 Å². The maximum absolute atomic E-state index is 12.3. The minimum absolute atomic E-state index is 0.0992. The molecular weight excluding hydrogens is 444 g/mol. The first-order valence-electron chi connectivity index (χ1n) is 11.5. The van der Waals surface area contributed by atoms with Crippen LogP contribution >= 0.6 is 11.5 Å². The molecule has 2 amide bonds. The molecule has 1 aromatic heterocycles. The molecule has 0 saturated heterocycles. The van der Waals surface area contributed by atoms with Gasteiger partial charge in [-0.3, -0.25) is 0 Å². The number of urea groups is 1. The number of hydrogen-bond acceptors (Lipinski definition) is 5. The Labute approximate surface area is 204 Å². The van der Waals surface area contributed by atoms with E-state index in [0.29, 0.717) is 6.54 Å². The minimum atomic E-state index is -0.216. The fraction of sp³-hybridized carbons (Fsp3) is 0.259. The molecular formula is C27H30N4O2S. The second kappa shape index (κ2) is 11.0. The van der Waals surface area contributed by atoms with Gasteiger partial charge in [0.05, 0.1) is 10.8 Å². The van der Waals surface area contributed by atoms with E-state index in [1.54, 1.807) is 0 Å². The number of hydrogen-bond donors (Lipinski definition) is 3. The Kier molecular flexibility index (Phi) is 7.65. The van der Waals surface area contributed by atoms with Gasteiger partial charge < -0.3 is 20.7 Å². The minimum Gasteiger partial charge on any atom is -0.490 e. The maximum atomic E-state index is 12.3. The Morgan fingerprint density at radius 2 is 1.82 bits per heavy atom. The number of aryl methyl sites for hydroxylation is 1. The van der Waals surface area contributed by atoms with Crippen molar-refractivity contribution in [3.63, 3.8) is 0 Å². The number of anilines is 2. The van der Waals surface area contributed by atoms with E-state index in [1.165, 1.54) is 21.8 Å². The van der Waals surface area contributed by atoms with Crippen LogP contribution in [0.1, 0.15) is 25.8 Å². The Morgan fingerprint density at radius 3 is 2.62 bits per heavy atom. The molecule has 1 heterocycles. The molecule has 176 valence electrons. The van der Waals surface area contributed by atoms with E-state index in [1.807, 2.05) is 56.3 Å². The lowest BCUT2D eigenvalue weighted by Crippen LogP contribution is -2.30. The third kappa shape index (κ3) is 6.05. The van der Waals surface area contributed by atoms with Crippen LogP contribution in [0.15, 0.2) is 66.7 Å². The van der Waals surface area contributed by atoms with Crippen LogP contribution in [0.4, 0.5) is 16.3 Å². The summed E-state index contributed by atoms with van der Waals surface area (Å²) in [5, 5.41) is 10.3. The number of nitrogens with zero attached hydrogens (tertiary/aromatic N) is 1. The normalized spacial score (nSPS) is 10.9. The number of carbonyl (C=O) groups excluding carboxylic acids is 1. The number of nitrogens with one attached hydrogen (secondary N) is 3. The number of rotatable bonds is 9. The molecule has 0 aliphatic heterocycles. The van der Waals surface area contributed by atoms with Crippen LogP contribution in [0.5, 0.6) is 5.75 Å². The van der Waals surface area contributed by atoms with E-state index in [-0.39, 0.29) is 12.1 Å². The zero-order chi connectivity index (χ0) is 23.9. The predicted molar refractivity (Wildman–Crippen MR) is 142 cm³/mol. The van der Waals surface area contributed by atoms with Crippen molar-refractivity contribution in [2.75, 3.05) is 23.7 Å². The fourth-order valence-electron chi connectivity index (χ4n) is 3.64. The monoisotopic (exact) mass is 474 g/mol. The van der Waals surface area contributed by atoms with Crippen LogP contribution in [0.2, 0.25) is 0 Å². The second-order valence-electron chi connectivity index (χ2n) is 8.43. The highest BCUT2D eigenvalue weighted by atomic mass is 32.1. The summed E-state index contributed by atoms with van der Waals surface area (Å²) in [4.78, 5) is 12.3. The van der Waals surface area contributed by atoms with Gasteiger partial charge >= 0.3 is 6.03 Å². The van der Waals surface area contributed by atoms with E-state index in [2.05, 4.69) is 51.5 Å². The summed E-state index contributed by atoms with van der Waals surface area (Å²) in [5.41, 5.74) is 4.01. The number of benzene rings is 3. The Morgan fingerprint density at radius 1 is 1.03 bits per heavy atom. The highest BCUT2D eigenvalue weighted by molar-refractivity contribution is 7.13. The molecule has 0 radical (unpaired) electrons. The molecule has 0 fully saturated rings. The van der Waals surface area contributed by atoms with Gasteiger partial charge in [0.1, 0.15) is 11.6 Å². The molecule has 0 bridgehead atoms. The van der Waals surface area contributed by atoms with Crippen molar-refractivity contribution in [1.82, 2.24) is 9.69 Å². The van der Waals surface area contributed by atoms with E-state index in [4.69, 9.17) is 4.74 Å². The lowest BCUT2D eigenvalue weighted by molar-refractivity contribution is 0.243. The smallest absolute Gasteiger partial charge is 0.319 e. The van der Waals surface area contributed by atoms with Crippen molar-refractivity contribution in [3.8, 4) is 16.9 Å². The summed E-state index contributed by atoms with van der Waals surface area (Å²) in [7, 11) is 0. The quantitative estimate of drug-likeness (QED) is 0.236. The molecule has 0 aliphatic carbocycles. The first-order valence-corrected chi connectivity index (χ1v) is 12.3. The average molecular weight is 475 g/mol. The third-order valence-corrected chi connectivity index (χ3v) is 6.09.